The maximum absolute atomic E-state index is 4.47. The predicted molar refractivity (Wildman–Crippen MR) is 209 cm³/mol. The third-order valence-electron chi connectivity index (χ3n) is 15.2. The molecule has 6 fully saturated rings. The van der Waals surface area contributed by atoms with Crippen LogP contribution in [0.15, 0.2) is 0 Å². The maximum atomic E-state index is 4.47. The molecule has 0 spiro atoms. The molecule has 0 aliphatic heterocycles. The fourth-order valence-electron chi connectivity index (χ4n) is 11.5. The van der Waals surface area contributed by atoms with Crippen LogP contribution in [0.2, 0.25) is 0 Å². The van der Waals surface area contributed by atoms with E-state index in [-0.39, 0.29) is 110 Å². The van der Waals surface area contributed by atoms with Gasteiger partial charge in [-0.05, 0) is 77.0 Å². The van der Waals surface area contributed by atoms with Gasteiger partial charge in [0.2, 0.25) is 0 Å². The van der Waals surface area contributed by atoms with Gasteiger partial charge in [0.25, 0.3) is 0 Å². The Morgan fingerprint density at radius 2 is 0.276 bits per heavy atom. The number of hydrogen-bond acceptors (Lipinski definition) is 0. The molecule has 6 rings (SSSR count). The van der Waals surface area contributed by atoms with E-state index in [1.807, 2.05) is 0 Å². The highest BCUT2D eigenvalue weighted by Gasteiger charge is 2.38. The second-order valence-corrected chi connectivity index (χ2v) is 18.4. The highest BCUT2D eigenvalue weighted by Crippen LogP contribution is 2.33. The molecule has 0 aromatic rings. The van der Waals surface area contributed by atoms with E-state index < -0.39 is 0 Å². The lowest BCUT2D eigenvalue weighted by molar-refractivity contribution is -0.547. The summed E-state index contributed by atoms with van der Waals surface area (Å²) >= 11 is 0. The Morgan fingerprint density at radius 3 is 0.362 bits per heavy atom. The molecule has 16 heteroatoms. The lowest BCUT2D eigenvalue weighted by Crippen LogP contribution is -3.00. The summed E-state index contributed by atoms with van der Waals surface area (Å²) in [6, 6.07) is 3.77. The summed E-state index contributed by atoms with van der Waals surface area (Å²) in [6.45, 7) is 0. The van der Waals surface area contributed by atoms with Crippen LogP contribution < -0.4 is 134 Å². The van der Waals surface area contributed by atoms with Gasteiger partial charge in [-0.3, -0.25) is 0 Å². The van der Waals surface area contributed by atoms with Gasteiger partial charge < -0.3 is 145 Å². The Morgan fingerprint density at radius 1 is 0.190 bits per heavy atom. The van der Waals surface area contributed by atoms with Gasteiger partial charge in [0.15, 0.2) is 0 Å². The van der Waals surface area contributed by atoms with Crippen LogP contribution in [-0.2, 0) is 11.0 Å². The molecule has 6 atom stereocenters. The third kappa shape index (κ3) is 25.5. The Bertz CT molecular complexity index is 663. The van der Waals surface area contributed by atoms with Crippen molar-refractivity contribution in [2.24, 2.45) is 35.5 Å². The minimum absolute atomic E-state index is 0. The molecule has 0 bridgehead atoms. The number of halogens is 8. The summed E-state index contributed by atoms with van der Waals surface area (Å²) in [5, 5.41) is 0. The topological polar surface area (TPSA) is 232 Å². The van der Waals surface area contributed by atoms with Crippen molar-refractivity contribution in [3.63, 3.8) is 0 Å². The van der Waals surface area contributed by atoms with Crippen LogP contribution >= 0.6 is 0 Å². The summed E-state index contributed by atoms with van der Waals surface area (Å²) in [4.78, 5) is 0. The molecular weight excluding hydrogens is 904 g/mol. The first-order valence-corrected chi connectivity index (χ1v) is 22.3. The highest BCUT2D eigenvalue weighted by molar-refractivity contribution is 4.85. The minimum atomic E-state index is 0. The fraction of sp³-hybridized carbons (Fsp3) is 1.00. The standard InChI is InChI=1S/3C14H28N2.8ClH.2H2O/c3*15-13(11-7-3-1-4-8-11)14(16)12-9-5-2-6-10-12;;;;;;;;;;/h3*11-14H,1-10,15-16H2;8*1H;2*1H2/t3*13-,14-;;;;;;;;;;/m000........../s1. The monoisotopic (exact) mass is 997 g/mol. The van der Waals surface area contributed by atoms with Gasteiger partial charge in [0, 0.05) is 35.5 Å². The van der Waals surface area contributed by atoms with E-state index in [4.69, 9.17) is 0 Å². The first kappa shape index (κ1) is 74.4. The number of quaternary nitrogens is 6. The van der Waals surface area contributed by atoms with E-state index in [1.54, 1.807) is 0 Å². The van der Waals surface area contributed by atoms with Gasteiger partial charge in [0.1, 0.15) is 36.3 Å². The van der Waals surface area contributed by atoms with Gasteiger partial charge in [-0.25, -0.2) is 0 Å². The summed E-state index contributed by atoms with van der Waals surface area (Å²) in [5.41, 5.74) is 26.8. The Hall–Kier alpha value is 2.00. The second-order valence-electron chi connectivity index (χ2n) is 18.4. The molecule has 58 heavy (non-hydrogen) atoms. The van der Waals surface area contributed by atoms with Crippen molar-refractivity contribution >= 4 is 0 Å². The van der Waals surface area contributed by atoms with Crippen LogP contribution in [0.25, 0.3) is 0 Å². The van der Waals surface area contributed by atoms with Crippen LogP contribution in [0.3, 0.4) is 0 Å². The molecule has 362 valence electrons. The molecule has 6 aliphatic carbocycles. The molecule has 0 saturated heterocycles. The van der Waals surface area contributed by atoms with Gasteiger partial charge in [0.05, 0.1) is 0 Å². The lowest BCUT2D eigenvalue weighted by Gasteiger charge is -2.32. The first-order chi connectivity index (χ1) is 23.4. The maximum Gasteiger partial charge on any atom is 0.140 e. The fourth-order valence-corrected chi connectivity index (χ4v) is 11.5. The quantitative estimate of drug-likeness (QED) is 0.118. The van der Waals surface area contributed by atoms with Crippen LogP contribution in [0.5, 0.6) is 0 Å². The average molecular weight is 1000 g/mol. The Kier molecular flexibility index (Phi) is 55.0. The molecule has 6 aliphatic rings. The van der Waals surface area contributed by atoms with Crippen molar-refractivity contribution in [1.29, 1.82) is 0 Å². The van der Waals surface area contributed by atoms with E-state index in [1.165, 1.54) is 193 Å². The molecule has 0 unspecified atom stereocenters. The van der Waals surface area contributed by atoms with Crippen LogP contribution in [0.4, 0.5) is 0 Å². The number of hydrogen-bond donors (Lipinski definition) is 6. The molecule has 0 radical (unpaired) electrons. The Balaban J connectivity index is -0.000000124. The first-order valence-electron chi connectivity index (χ1n) is 22.3. The molecule has 0 amide bonds. The summed E-state index contributed by atoms with van der Waals surface area (Å²) < 4.78 is 0. The summed E-state index contributed by atoms with van der Waals surface area (Å²) in [7, 11) is 0. The van der Waals surface area contributed by atoms with Crippen LogP contribution in [0, 0.1) is 35.5 Å². The molecule has 24 N–H and O–H groups in total. The molecule has 6 saturated carbocycles. The van der Waals surface area contributed by atoms with Gasteiger partial charge in [-0.15, -0.1) is 0 Å². The van der Waals surface area contributed by atoms with Crippen molar-refractivity contribution < 1.29 is 145 Å². The van der Waals surface area contributed by atoms with E-state index in [0.717, 1.165) is 35.5 Å². The van der Waals surface area contributed by atoms with Crippen molar-refractivity contribution in [2.45, 2.75) is 229 Å². The SMILES string of the molecule is [Cl-].[Cl-].[Cl-].[Cl-].[Cl-].[Cl-].[Cl-].[Cl-].[NH3+][C@@H](C1CCCCC1)[C@@H]([NH3+])C1CCCCC1.[NH3+][C@@H](C1CCCCC1)[C@@H]([NH3+])C1CCCCC1.[NH3+][C@@H](C1CCCCC1)[C@@H]([NH3+])C1CCCCC1.[OH3+].[OH3+]. The van der Waals surface area contributed by atoms with Gasteiger partial charge in [-0.2, -0.15) is 0 Å². The minimum Gasteiger partial charge on any atom is -1.00 e. The zero-order valence-corrected chi connectivity index (χ0v) is 42.6. The Labute approximate surface area is 406 Å². The van der Waals surface area contributed by atoms with E-state index in [2.05, 4.69) is 34.4 Å². The van der Waals surface area contributed by atoms with Crippen LogP contribution in [0.1, 0.15) is 193 Å². The molecular formula is C42H96Cl8N6O2. The van der Waals surface area contributed by atoms with E-state index in [9.17, 15) is 0 Å². The largest absolute Gasteiger partial charge is 1.00 e. The zero-order valence-electron chi connectivity index (χ0n) is 36.6. The molecule has 8 nitrogen and oxygen atoms in total. The summed E-state index contributed by atoms with van der Waals surface area (Å²) in [5.74, 6) is 5.32. The lowest BCUT2D eigenvalue weighted by atomic mass is 9.75. The zero-order chi connectivity index (χ0) is 34.1. The van der Waals surface area contributed by atoms with E-state index >= 15 is 0 Å². The highest BCUT2D eigenvalue weighted by atomic mass is 35.5. The van der Waals surface area contributed by atoms with Crippen LogP contribution in [-0.4, -0.2) is 36.3 Å². The second kappa shape index (κ2) is 42.9. The van der Waals surface area contributed by atoms with Crippen molar-refractivity contribution in [3.05, 3.63) is 0 Å². The van der Waals surface area contributed by atoms with Gasteiger partial charge >= 0.3 is 0 Å². The predicted octanol–water partition coefficient (Wildman–Crippen LogP) is -21.7. The summed E-state index contributed by atoms with van der Waals surface area (Å²) in [6.07, 6.45) is 43.1. The molecule has 0 aromatic carbocycles. The van der Waals surface area contributed by atoms with Crippen molar-refractivity contribution in [3.8, 4) is 0 Å². The smallest absolute Gasteiger partial charge is 0.140 e. The normalized spacial score (nSPS) is 23.9. The molecule has 0 aromatic heterocycles. The third-order valence-corrected chi connectivity index (χ3v) is 15.2. The van der Waals surface area contributed by atoms with Crippen molar-refractivity contribution in [1.82, 2.24) is 0 Å². The van der Waals surface area contributed by atoms with Gasteiger partial charge in [-0.1, -0.05) is 116 Å². The average Bonchev–Trinajstić information content (AvgIpc) is 3.18. The number of rotatable bonds is 9. The van der Waals surface area contributed by atoms with Crippen molar-refractivity contribution in [2.75, 3.05) is 0 Å². The van der Waals surface area contributed by atoms with E-state index in [0.29, 0.717) is 36.3 Å². The molecule has 0 heterocycles.